The van der Waals surface area contributed by atoms with Crippen LogP contribution >= 0.6 is 24.0 Å². The van der Waals surface area contributed by atoms with E-state index < -0.39 is 11.7 Å². The van der Waals surface area contributed by atoms with E-state index in [1.165, 1.54) is 23.1 Å². The Balaban J connectivity index is 1.91. The number of carboxylic acids is 1. The van der Waals surface area contributed by atoms with Crippen LogP contribution in [0.15, 0.2) is 47.4 Å². The van der Waals surface area contributed by atoms with Crippen molar-refractivity contribution < 1.29 is 24.5 Å². The number of ether oxygens (including phenoxy) is 1. The lowest BCUT2D eigenvalue weighted by Gasteiger charge is -2.15. The van der Waals surface area contributed by atoms with Crippen LogP contribution in [0.1, 0.15) is 29.3 Å². The van der Waals surface area contributed by atoms with Crippen LogP contribution in [0.4, 0.5) is 5.69 Å². The molecule has 0 aliphatic carbocycles. The maximum atomic E-state index is 12.9. The Morgan fingerprint density at radius 1 is 1.29 bits per heavy atom. The summed E-state index contributed by atoms with van der Waals surface area (Å²) >= 11 is 6.46. The predicted molar refractivity (Wildman–Crippen MR) is 113 cm³/mol. The molecule has 2 aromatic carbocycles. The van der Waals surface area contributed by atoms with E-state index in [0.717, 1.165) is 23.7 Å². The second-order valence-corrected chi connectivity index (χ2v) is 7.59. The topological polar surface area (TPSA) is 87.1 Å². The number of anilines is 1. The van der Waals surface area contributed by atoms with Crippen molar-refractivity contribution in [2.45, 2.75) is 13.3 Å². The highest BCUT2D eigenvalue weighted by molar-refractivity contribution is 8.27. The highest BCUT2D eigenvalue weighted by atomic mass is 32.2. The monoisotopic (exact) mass is 415 g/mol. The lowest BCUT2D eigenvalue weighted by atomic mass is 10.1. The van der Waals surface area contributed by atoms with Crippen LogP contribution in [0.3, 0.4) is 0 Å². The number of rotatable bonds is 6. The molecule has 0 unspecified atom stereocenters. The Bertz CT molecular complexity index is 986. The Labute approximate surface area is 171 Å². The summed E-state index contributed by atoms with van der Waals surface area (Å²) in [7, 11) is 0. The summed E-state index contributed by atoms with van der Waals surface area (Å²) in [4.78, 5) is 25.6. The van der Waals surface area contributed by atoms with E-state index in [0.29, 0.717) is 27.3 Å². The number of hydrogen-bond acceptors (Lipinski definition) is 6. The van der Waals surface area contributed by atoms with E-state index in [2.05, 4.69) is 0 Å². The fourth-order valence-corrected chi connectivity index (χ4v) is 3.90. The minimum atomic E-state index is -1.25. The first-order valence-electron chi connectivity index (χ1n) is 8.48. The Kier molecular flexibility index (Phi) is 6.01. The average Bonchev–Trinajstić information content (AvgIpc) is 2.94. The molecule has 1 saturated heterocycles. The first-order chi connectivity index (χ1) is 13.4. The quantitative estimate of drug-likeness (QED) is 0.538. The molecule has 6 nitrogen and oxygen atoms in total. The number of amides is 1. The summed E-state index contributed by atoms with van der Waals surface area (Å²) in [5, 5.41) is 18.9. The van der Waals surface area contributed by atoms with E-state index in [-0.39, 0.29) is 11.5 Å². The van der Waals surface area contributed by atoms with Crippen molar-refractivity contribution in [1.29, 1.82) is 0 Å². The van der Waals surface area contributed by atoms with Gasteiger partial charge < -0.3 is 14.9 Å². The number of aromatic hydroxyl groups is 1. The van der Waals surface area contributed by atoms with E-state index in [9.17, 15) is 14.7 Å². The molecule has 2 N–H and O–H groups in total. The maximum absolute atomic E-state index is 12.9. The van der Waals surface area contributed by atoms with Crippen LogP contribution in [0, 0.1) is 0 Å². The van der Waals surface area contributed by atoms with E-state index in [4.69, 9.17) is 22.1 Å². The zero-order valence-electron chi connectivity index (χ0n) is 14.9. The first kappa shape index (κ1) is 19.9. The van der Waals surface area contributed by atoms with Gasteiger partial charge in [0.1, 0.15) is 17.1 Å². The molecule has 0 spiro atoms. The number of thioether (sulfide) groups is 1. The van der Waals surface area contributed by atoms with E-state index in [1.54, 1.807) is 6.08 Å². The molecule has 0 atom stereocenters. The SMILES string of the molecule is CCCOc1ccccc1/C=C1\SC(=S)N(c2ccc(C(=O)O)c(O)c2)C1=O. The van der Waals surface area contributed by atoms with Gasteiger partial charge in [-0.15, -0.1) is 0 Å². The zero-order chi connectivity index (χ0) is 20.3. The van der Waals surface area contributed by atoms with Gasteiger partial charge in [-0.2, -0.15) is 0 Å². The van der Waals surface area contributed by atoms with Crippen molar-refractivity contribution in [2.75, 3.05) is 11.5 Å². The number of carboxylic acid groups (broad SMARTS) is 1. The zero-order valence-corrected chi connectivity index (χ0v) is 16.5. The molecular formula is C20H17NO5S2. The summed E-state index contributed by atoms with van der Waals surface area (Å²) in [6.45, 7) is 2.58. The molecule has 1 aliphatic heterocycles. The number of hydrogen-bond donors (Lipinski definition) is 2. The number of phenols is 1. The van der Waals surface area contributed by atoms with Crippen LogP contribution in [0.2, 0.25) is 0 Å². The van der Waals surface area contributed by atoms with Crippen molar-refractivity contribution in [3.63, 3.8) is 0 Å². The fourth-order valence-electron chi connectivity index (χ4n) is 2.61. The molecule has 0 bridgehead atoms. The summed E-state index contributed by atoms with van der Waals surface area (Å²) in [6, 6.07) is 11.3. The second kappa shape index (κ2) is 8.45. The first-order valence-corrected chi connectivity index (χ1v) is 9.71. The third kappa shape index (κ3) is 4.02. The number of thiocarbonyl (C=S) groups is 1. The minimum Gasteiger partial charge on any atom is -0.507 e. The van der Waals surface area contributed by atoms with Crippen LogP contribution in [0.25, 0.3) is 6.08 Å². The average molecular weight is 415 g/mol. The van der Waals surface area contributed by atoms with Gasteiger partial charge in [0.05, 0.1) is 17.2 Å². The van der Waals surface area contributed by atoms with Gasteiger partial charge in [0.15, 0.2) is 4.32 Å². The molecule has 1 heterocycles. The number of nitrogens with zero attached hydrogens (tertiary/aromatic N) is 1. The Morgan fingerprint density at radius 3 is 2.71 bits per heavy atom. The molecule has 1 aliphatic rings. The third-order valence-electron chi connectivity index (χ3n) is 3.93. The van der Waals surface area contributed by atoms with E-state index in [1.807, 2.05) is 31.2 Å². The number of carbonyl (C=O) groups excluding carboxylic acids is 1. The van der Waals surface area contributed by atoms with Crippen molar-refractivity contribution in [3.05, 3.63) is 58.5 Å². The van der Waals surface area contributed by atoms with Gasteiger partial charge in [0.2, 0.25) is 0 Å². The Morgan fingerprint density at radius 2 is 2.04 bits per heavy atom. The van der Waals surface area contributed by atoms with Gasteiger partial charge >= 0.3 is 5.97 Å². The molecule has 8 heteroatoms. The minimum absolute atomic E-state index is 0.244. The summed E-state index contributed by atoms with van der Waals surface area (Å²) in [5.41, 5.74) is 0.830. The lowest BCUT2D eigenvalue weighted by molar-refractivity contribution is -0.113. The number of benzene rings is 2. The molecule has 144 valence electrons. The van der Waals surface area contributed by atoms with Gasteiger partial charge in [0, 0.05) is 11.6 Å². The molecule has 0 radical (unpaired) electrons. The maximum Gasteiger partial charge on any atom is 0.339 e. The molecule has 1 amide bonds. The summed E-state index contributed by atoms with van der Waals surface area (Å²) in [6.07, 6.45) is 2.59. The van der Waals surface area contributed by atoms with Gasteiger partial charge in [-0.3, -0.25) is 9.69 Å². The second-order valence-electron chi connectivity index (χ2n) is 5.91. The third-order valence-corrected chi connectivity index (χ3v) is 5.23. The van der Waals surface area contributed by atoms with Gasteiger partial charge in [-0.05, 0) is 30.7 Å². The summed E-state index contributed by atoms with van der Waals surface area (Å²) in [5.74, 6) is -1.35. The van der Waals surface area contributed by atoms with Gasteiger partial charge in [-0.25, -0.2) is 4.79 Å². The van der Waals surface area contributed by atoms with Gasteiger partial charge in [0.25, 0.3) is 5.91 Å². The normalized spacial score (nSPS) is 15.3. The van der Waals surface area contributed by atoms with Crippen molar-refractivity contribution in [1.82, 2.24) is 0 Å². The van der Waals surface area contributed by atoms with Crippen molar-refractivity contribution in [3.8, 4) is 11.5 Å². The van der Waals surface area contributed by atoms with Crippen LogP contribution in [-0.4, -0.2) is 33.0 Å². The lowest BCUT2D eigenvalue weighted by Crippen LogP contribution is -2.27. The smallest absolute Gasteiger partial charge is 0.339 e. The van der Waals surface area contributed by atoms with Crippen LogP contribution < -0.4 is 9.64 Å². The van der Waals surface area contributed by atoms with Crippen molar-refractivity contribution in [2.24, 2.45) is 0 Å². The van der Waals surface area contributed by atoms with Crippen molar-refractivity contribution >= 4 is 51.9 Å². The molecule has 0 aromatic heterocycles. The molecular weight excluding hydrogens is 398 g/mol. The molecule has 1 fully saturated rings. The molecule has 2 aromatic rings. The van der Waals surface area contributed by atoms with E-state index >= 15 is 0 Å². The molecule has 3 rings (SSSR count). The van der Waals surface area contributed by atoms with Crippen LogP contribution in [-0.2, 0) is 4.79 Å². The highest BCUT2D eigenvalue weighted by Crippen LogP contribution is 2.38. The number of aromatic carboxylic acids is 1. The number of carbonyl (C=O) groups is 2. The van der Waals surface area contributed by atoms with Crippen LogP contribution in [0.5, 0.6) is 11.5 Å². The highest BCUT2D eigenvalue weighted by Gasteiger charge is 2.34. The fraction of sp³-hybridized carbons (Fsp3) is 0.150. The number of para-hydroxylation sites is 1. The van der Waals surface area contributed by atoms with Gasteiger partial charge in [-0.1, -0.05) is 49.1 Å². The molecule has 0 saturated carbocycles. The predicted octanol–water partition coefficient (Wildman–Crippen LogP) is 4.29. The largest absolute Gasteiger partial charge is 0.507 e. The molecule has 28 heavy (non-hydrogen) atoms. The summed E-state index contributed by atoms with van der Waals surface area (Å²) < 4.78 is 6.02. The standard InChI is InChI=1S/C20H17NO5S2/c1-2-9-26-16-6-4-3-5-12(16)10-17-18(23)21(20(27)28-17)13-7-8-14(19(24)25)15(22)11-13/h3-8,10-11,22H,2,9H2,1H3,(H,24,25)/b17-10-. The Hall–Kier alpha value is -2.84.